The molecular weight excluding hydrogens is 340 g/mol. The predicted octanol–water partition coefficient (Wildman–Crippen LogP) is 4.12. The molecule has 5 nitrogen and oxygen atoms in total. The second kappa shape index (κ2) is 7.68. The fraction of sp³-hybridized carbons (Fsp3) is 0.0526. The number of hydrogen-bond donors (Lipinski definition) is 2. The van der Waals surface area contributed by atoms with Crippen molar-refractivity contribution in [1.29, 1.82) is 0 Å². The summed E-state index contributed by atoms with van der Waals surface area (Å²) in [6, 6.07) is 17.1. The lowest BCUT2D eigenvalue weighted by atomic mass is 10.2. The van der Waals surface area contributed by atoms with E-state index in [1.165, 1.54) is 6.26 Å². The van der Waals surface area contributed by atoms with E-state index in [0.29, 0.717) is 22.8 Å². The smallest absolute Gasteiger partial charge is 0.291 e. The Bertz CT molecular complexity index is 857. The van der Waals surface area contributed by atoms with Gasteiger partial charge >= 0.3 is 0 Å². The molecular formula is C19H15ClN2O3. The second-order valence-electron chi connectivity index (χ2n) is 5.32. The van der Waals surface area contributed by atoms with Crippen LogP contribution in [0.1, 0.15) is 26.5 Å². The average Bonchev–Trinajstić information content (AvgIpc) is 3.16. The van der Waals surface area contributed by atoms with Crippen molar-refractivity contribution in [2.24, 2.45) is 0 Å². The summed E-state index contributed by atoms with van der Waals surface area (Å²) >= 11 is 5.81. The van der Waals surface area contributed by atoms with E-state index in [-0.39, 0.29) is 17.6 Å². The Morgan fingerprint density at radius 3 is 2.28 bits per heavy atom. The van der Waals surface area contributed by atoms with Crippen LogP contribution < -0.4 is 10.6 Å². The first kappa shape index (κ1) is 16.8. The largest absolute Gasteiger partial charge is 0.459 e. The molecule has 0 aliphatic carbocycles. The molecule has 0 saturated heterocycles. The van der Waals surface area contributed by atoms with Gasteiger partial charge in [0.25, 0.3) is 11.8 Å². The highest BCUT2D eigenvalue weighted by atomic mass is 35.5. The Balaban J connectivity index is 1.54. The van der Waals surface area contributed by atoms with Crippen LogP contribution >= 0.6 is 11.6 Å². The zero-order valence-corrected chi connectivity index (χ0v) is 13.9. The van der Waals surface area contributed by atoms with E-state index in [0.717, 1.165) is 5.56 Å². The van der Waals surface area contributed by atoms with Gasteiger partial charge in [0, 0.05) is 22.8 Å². The lowest BCUT2D eigenvalue weighted by Crippen LogP contribution is -2.22. The molecule has 2 amide bonds. The summed E-state index contributed by atoms with van der Waals surface area (Å²) in [5, 5.41) is 6.15. The SMILES string of the molecule is O=C(NCc1ccc(NC(=O)c2ccco2)cc1)c1ccc(Cl)cc1. The van der Waals surface area contributed by atoms with Gasteiger partial charge in [-0.3, -0.25) is 9.59 Å². The van der Waals surface area contributed by atoms with Gasteiger partial charge in [0.05, 0.1) is 6.26 Å². The highest BCUT2D eigenvalue weighted by Gasteiger charge is 2.09. The molecule has 0 spiro atoms. The minimum atomic E-state index is -0.311. The van der Waals surface area contributed by atoms with E-state index in [1.807, 2.05) is 12.1 Å². The molecule has 0 unspecified atom stereocenters. The molecule has 0 radical (unpaired) electrons. The molecule has 0 fully saturated rings. The van der Waals surface area contributed by atoms with Crippen molar-refractivity contribution in [2.75, 3.05) is 5.32 Å². The summed E-state index contributed by atoms with van der Waals surface area (Å²) in [5.41, 5.74) is 2.11. The predicted molar refractivity (Wildman–Crippen MR) is 95.7 cm³/mol. The molecule has 0 aliphatic heterocycles. The molecule has 2 N–H and O–H groups in total. The van der Waals surface area contributed by atoms with Crippen LogP contribution in [0.3, 0.4) is 0 Å². The Hall–Kier alpha value is -3.05. The van der Waals surface area contributed by atoms with Crippen LogP contribution in [0.2, 0.25) is 5.02 Å². The van der Waals surface area contributed by atoms with Crippen LogP contribution in [0.4, 0.5) is 5.69 Å². The number of rotatable bonds is 5. The minimum Gasteiger partial charge on any atom is -0.459 e. The summed E-state index contributed by atoms with van der Waals surface area (Å²) in [5.74, 6) is -0.236. The summed E-state index contributed by atoms with van der Waals surface area (Å²) in [6.45, 7) is 0.383. The molecule has 1 heterocycles. The lowest BCUT2D eigenvalue weighted by Gasteiger charge is -2.07. The molecule has 2 aromatic carbocycles. The van der Waals surface area contributed by atoms with Gasteiger partial charge in [-0.25, -0.2) is 0 Å². The van der Waals surface area contributed by atoms with Gasteiger partial charge in [0.2, 0.25) is 0 Å². The van der Waals surface area contributed by atoms with Crippen LogP contribution in [0.5, 0.6) is 0 Å². The summed E-state index contributed by atoms with van der Waals surface area (Å²) < 4.78 is 5.04. The van der Waals surface area contributed by atoms with Crippen LogP contribution in [0, 0.1) is 0 Å². The third kappa shape index (κ3) is 4.49. The fourth-order valence-corrected chi connectivity index (χ4v) is 2.32. The molecule has 1 aromatic heterocycles. The zero-order valence-electron chi connectivity index (χ0n) is 13.2. The standard InChI is InChI=1S/C19H15ClN2O3/c20-15-7-5-14(6-8-15)18(23)21-12-13-3-9-16(10-4-13)22-19(24)17-2-1-11-25-17/h1-11H,12H2,(H,21,23)(H,22,24). The van der Waals surface area contributed by atoms with E-state index in [9.17, 15) is 9.59 Å². The van der Waals surface area contributed by atoms with E-state index >= 15 is 0 Å². The maximum absolute atomic E-state index is 12.1. The minimum absolute atomic E-state index is 0.174. The van der Waals surface area contributed by atoms with Crippen LogP contribution in [0.25, 0.3) is 0 Å². The Labute approximate surface area is 149 Å². The molecule has 0 atom stereocenters. The second-order valence-corrected chi connectivity index (χ2v) is 5.75. The van der Waals surface area contributed by atoms with Crippen LogP contribution in [-0.4, -0.2) is 11.8 Å². The third-order valence-electron chi connectivity index (χ3n) is 3.52. The van der Waals surface area contributed by atoms with E-state index in [2.05, 4.69) is 10.6 Å². The van der Waals surface area contributed by atoms with Gasteiger partial charge in [-0.1, -0.05) is 23.7 Å². The molecule has 0 saturated carbocycles. The summed E-state index contributed by atoms with van der Waals surface area (Å²) in [7, 11) is 0. The molecule has 0 bridgehead atoms. The molecule has 3 aromatic rings. The van der Waals surface area contributed by atoms with Crippen molar-refractivity contribution in [3.8, 4) is 0 Å². The lowest BCUT2D eigenvalue weighted by molar-refractivity contribution is 0.0950. The Morgan fingerprint density at radius 2 is 1.64 bits per heavy atom. The van der Waals surface area contributed by atoms with Crippen molar-refractivity contribution in [2.45, 2.75) is 6.54 Å². The topological polar surface area (TPSA) is 71.3 Å². The van der Waals surface area contributed by atoms with E-state index < -0.39 is 0 Å². The quantitative estimate of drug-likeness (QED) is 0.724. The number of halogens is 1. The first-order valence-corrected chi connectivity index (χ1v) is 7.97. The number of amides is 2. The summed E-state index contributed by atoms with van der Waals surface area (Å²) in [4.78, 5) is 23.9. The van der Waals surface area contributed by atoms with Gasteiger partial charge in [0.15, 0.2) is 5.76 Å². The maximum Gasteiger partial charge on any atom is 0.291 e. The van der Waals surface area contributed by atoms with Crippen molar-refractivity contribution in [3.63, 3.8) is 0 Å². The van der Waals surface area contributed by atoms with Gasteiger partial charge in [-0.05, 0) is 54.1 Å². The number of carbonyl (C=O) groups excluding carboxylic acids is 2. The molecule has 126 valence electrons. The van der Waals surface area contributed by atoms with Crippen molar-refractivity contribution in [1.82, 2.24) is 5.32 Å². The first-order chi connectivity index (χ1) is 12.1. The highest BCUT2D eigenvalue weighted by molar-refractivity contribution is 6.30. The Kier molecular flexibility index (Phi) is 5.16. The zero-order chi connectivity index (χ0) is 17.6. The van der Waals surface area contributed by atoms with E-state index in [4.69, 9.17) is 16.0 Å². The van der Waals surface area contributed by atoms with Gasteiger partial charge in [-0.15, -0.1) is 0 Å². The number of benzene rings is 2. The van der Waals surface area contributed by atoms with Crippen LogP contribution in [-0.2, 0) is 6.54 Å². The highest BCUT2D eigenvalue weighted by Crippen LogP contribution is 2.13. The normalized spacial score (nSPS) is 10.3. The molecule has 0 aliphatic rings. The monoisotopic (exact) mass is 354 g/mol. The number of furan rings is 1. The van der Waals surface area contributed by atoms with Crippen molar-refractivity contribution in [3.05, 3.63) is 88.8 Å². The van der Waals surface area contributed by atoms with Crippen molar-refractivity contribution < 1.29 is 14.0 Å². The van der Waals surface area contributed by atoms with Gasteiger partial charge in [0.1, 0.15) is 0 Å². The molecule has 25 heavy (non-hydrogen) atoms. The molecule has 6 heteroatoms. The van der Waals surface area contributed by atoms with Gasteiger partial charge in [-0.2, -0.15) is 0 Å². The molecule has 3 rings (SSSR count). The first-order valence-electron chi connectivity index (χ1n) is 7.59. The summed E-state index contributed by atoms with van der Waals surface area (Å²) in [6.07, 6.45) is 1.45. The fourth-order valence-electron chi connectivity index (χ4n) is 2.19. The van der Waals surface area contributed by atoms with Crippen LogP contribution in [0.15, 0.2) is 71.3 Å². The maximum atomic E-state index is 12.1. The number of hydrogen-bond acceptors (Lipinski definition) is 3. The van der Waals surface area contributed by atoms with E-state index in [1.54, 1.807) is 48.5 Å². The third-order valence-corrected chi connectivity index (χ3v) is 3.77. The van der Waals surface area contributed by atoms with Gasteiger partial charge < -0.3 is 15.1 Å². The van der Waals surface area contributed by atoms with Crippen molar-refractivity contribution >= 4 is 29.1 Å². The number of nitrogens with one attached hydrogen (secondary N) is 2. The number of carbonyl (C=O) groups is 2. The average molecular weight is 355 g/mol. The Morgan fingerprint density at radius 1 is 0.920 bits per heavy atom. The number of anilines is 1.